The minimum atomic E-state index is 0.0481. The average molecular weight is 243 g/mol. The predicted molar refractivity (Wildman–Crippen MR) is 75.2 cm³/mol. The number of para-hydroxylation sites is 1. The largest absolute Gasteiger partial charge is 0.324 e. The first-order chi connectivity index (χ1) is 8.72. The molecule has 1 heterocycles. The van der Waals surface area contributed by atoms with Gasteiger partial charge >= 0.3 is 0 Å². The number of fused-ring (bicyclic) bond motifs is 1. The summed E-state index contributed by atoms with van der Waals surface area (Å²) < 4.78 is 0. The predicted octanol–water partition coefficient (Wildman–Crippen LogP) is 3.46. The minimum absolute atomic E-state index is 0.0481. The van der Waals surface area contributed by atoms with Crippen LogP contribution < -0.4 is 5.73 Å². The molecule has 2 rings (SSSR count). The molecule has 18 heavy (non-hydrogen) atoms. The van der Waals surface area contributed by atoms with Crippen LogP contribution in [0.25, 0.3) is 11.0 Å². The first kappa shape index (κ1) is 13.0. The van der Waals surface area contributed by atoms with Gasteiger partial charge in [-0.3, -0.25) is 9.97 Å². The molecule has 0 aliphatic rings. The number of rotatable bonds is 5. The third-order valence-electron chi connectivity index (χ3n) is 3.37. The fourth-order valence-electron chi connectivity index (χ4n) is 2.49. The van der Waals surface area contributed by atoms with Crippen LogP contribution in [0.5, 0.6) is 0 Å². The van der Waals surface area contributed by atoms with Crippen molar-refractivity contribution < 1.29 is 0 Å². The lowest BCUT2D eigenvalue weighted by atomic mass is 9.93. The Morgan fingerprint density at radius 1 is 1.22 bits per heavy atom. The van der Waals surface area contributed by atoms with Gasteiger partial charge in [0.2, 0.25) is 0 Å². The van der Waals surface area contributed by atoms with Crippen molar-refractivity contribution in [2.24, 2.45) is 11.7 Å². The second-order valence-electron chi connectivity index (χ2n) is 5.01. The molecule has 3 nitrogen and oxygen atoms in total. The summed E-state index contributed by atoms with van der Waals surface area (Å²) in [6.45, 7) is 4.48. The molecule has 0 amide bonds. The van der Waals surface area contributed by atoms with Crippen LogP contribution in [0.2, 0.25) is 0 Å². The van der Waals surface area contributed by atoms with E-state index in [2.05, 4.69) is 29.9 Å². The summed E-state index contributed by atoms with van der Waals surface area (Å²) in [6, 6.07) is 6.11. The Morgan fingerprint density at radius 3 is 2.78 bits per heavy atom. The molecule has 1 aromatic heterocycles. The van der Waals surface area contributed by atoms with E-state index in [0.717, 1.165) is 23.0 Å². The van der Waals surface area contributed by atoms with Crippen molar-refractivity contribution in [1.29, 1.82) is 0 Å². The van der Waals surface area contributed by atoms with Gasteiger partial charge in [0.15, 0.2) is 0 Å². The van der Waals surface area contributed by atoms with Crippen LogP contribution in [0.4, 0.5) is 0 Å². The number of hydrogen-bond donors (Lipinski definition) is 1. The molecule has 0 saturated heterocycles. The molecule has 0 aliphatic heterocycles. The van der Waals surface area contributed by atoms with E-state index in [9.17, 15) is 0 Å². The van der Waals surface area contributed by atoms with Gasteiger partial charge in [0.1, 0.15) is 0 Å². The summed E-state index contributed by atoms with van der Waals surface area (Å²) in [4.78, 5) is 8.73. The first-order valence-corrected chi connectivity index (χ1v) is 6.67. The second-order valence-corrected chi connectivity index (χ2v) is 5.01. The Labute approximate surface area is 108 Å². The summed E-state index contributed by atoms with van der Waals surface area (Å²) in [6.07, 6.45) is 6.89. The Kier molecular flexibility index (Phi) is 4.26. The molecule has 0 spiro atoms. The van der Waals surface area contributed by atoms with E-state index in [0.29, 0.717) is 5.92 Å². The van der Waals surface area contributed by atoms with Crippen LogP contribution in [0.1, 0.15) is 44.7 Å². The van der Waals surface area contributed by atoms with E-state index < -0.39 is 0 Å². The topological polar surface area (TPSA) is 51.8 Å². The maximum atomic E-state index is 6.32. The molecular formula is C15H21N3. The van der Waals surface area contributed by atoms with E-state index in [4.69, 9.17) is 5.73 Å². The van der Waals surface area contributed by atoms with E-state index in [1.807, 2.05) is 12.1 Å². The van der Waals surface area contributed by atoms with Gasteiger partial charge in [-0.2, -0.15) is 0 Å². The Hall–Kier alpha value is -1.48. The van der Waals surface area contributed by atoms with Crippen LogP contribution >= 0.6 is 0 Å². The van der Waals surface area contributed by atoms with Crippen molar-refractivity contribution in [1.82, 2.24) is 9.97 Å². The Morgan fingerprint density at radius 2 is 2.00 bits per heavy atom. The highest BCUT2D eigenvalue weighted by atomic mass is 14.8. The van der Waals surface area contributed by atoms with E-state index in [1.54, 1.807) is 12.4 Å². The zero-order valence-electron chi connectivity index (χ0n) is 11.1. The lowest BCUT2D eigenvalue weighted by molar-refractivity contribution is 0.441. The monoisotopic (exact) mass is 243 g/mol. The SMILES string of the molecule is CCCC(C)CC(N)c1cccc2nccnc12. The summed E-state index contributed by atoms with van der Waals surface area (Å²) in [5.41, 5.74) is 9.30. The van der Waals surface area contributed by atoms with Gasteiger partial charge in [-0.25, -0.2) is 0 Å². The molecule has 2 aromatic rings. The van der Waals surface area contributed by atoms with Gasteiger partial charge in [0, 0.05) is 18.4 Å². The highest BCUT2D eigenvalue weighted by molar-refractivity contribution is 5.77. The van der Waals surface area contributed by atoms with Crippen LogP contribution in [-0.2, 0) is 0 Å². The standard InChI is InChI=1S/C15H21N3/c1-3-5-11(2)10-13(16)12-6-4-7-14-15(12)18-9-8-17-14/h4,6-9,11,13H,3,5,10,16H2,1-2H3. The van der Waals surface area contributed by atoms with Crippen molar-refractivity contribution in [3.05, 3.63) is 36.2 Å². The van der Waals surface area contributed by atoms with Crippen LogP contribution in [-0.4, -0.2) is 9.97 Å². The van der Waals surface area contributed by atoms with E-state index >= 15 is 0 Å². The average Bonchev–Trinajstić information content (AvgIpc) is 2.38. The third-order valence-corrected chi connectivity index (χ3v) is 3.37. The molecule has 3 heteroatoms. The second kappa shape index (κ2) is 5.91. The van der Waals surface area contributed by atoms with Gasteiger partial charge in [0.05, 0.1) is 11.0 Å². The van der Waals surface area contributed by atoms with Crippen molar-refractivity contribution in [2.45, 2.75) is 39.2 Å². The fourth-order valence-corrected chi connectivity index (χ4v) is 2.49. The van der Waals surface area contributed by atoms with Crippen molar-refractivity contribution >= 4 is 11.0 Å². The summed E-state index contributed by atoms with van der Waals surface area (Å²) >= 11 is 0. The highest BCUT2D eigenvalue weighted by Gasteiger charge is 2.14. The molecule has 2 atom stereocenters. The minimum Gasteiger partial charge on any atom is -0.324 e. The number of hydrogen-bond acceptors (Lipinski definition) is 3. The summed E-state index contributed by atoms with van der Waals surface area (Å²) in [5, 5.41) is 0. The Bertz CT molecular complexity index is 505. The molecule has 96 valence electrons. The number of nitrogens with zero attached hydrogens (tertiary/aromatic N) is 2. The lowest BCUT2D eigenvalue weighted by Crippen LogP contribution is -2.15. The van der Waals surface area contributed by atoms with Crippen molar-refractivity contribution in [2.75, 3.05) is 0 Å². The lowest BCUT2D eigenvalue weighted by Gasteiger charge is -2.18. The zero-order valence-corrected chi connectivity index (χ0v) is 11.1. The maximum Gasteiger partial charge on any atom is 0.0934 e. The smallest absolute Gasteiger partial charge is 0.0934 e. The van der Waals surface area contributed by atoms with Crippen LogP contribution in [0, 0.1) is 5.92 Å². The van der Waals surface area contributed by atoms with Gasteiger partial charge < -0.3 is 5.73 Å². The molecule has 0 bridgehead atoms. The van der Waals surface area contributed by atoms with Gasteiger partial charge in [-0.05, 0) is 24.0 Å². The maximum absolute atomic E-state index is 6.32. The van der Waals surface area contributed by atoms with E-state index in [-0.39, 0.29) is 6.04 Å². The van der Waals surface area contributed by atoms with Crippen LogP contribution in [0.3, 0.4) is 0 Å². The van der Waals surface area contributed by atoms with Crippen molar-refractivity contribution in [3.63, 3.8) is 0 Å². The zero-order chi connectivity index (χ0) is 13.0. The first-order valence-electron chi connectivity index (χ1n) is 6.67. The molecule has 2 N–H and O–H groups in total. The molecule has 1 aromatic carbocycles. The Balaban J connectivity index is 2.24. The highest BCUT2D eigenvalue weighted by Crippen LogP contribution is 2.25. The third kappa shape index (κ3) is 2.85. The quantitative estimate of drug-likeness (QED) is 0.875. The van der Waals surface area contributed by atoms with Crippen molar-refractivity contribution in [3.8, 4) is 0 Å². The van der Waals surface area contributed by atoms with Gasteiger partial charge in [-0.1, -0.05) is 38.8 Å². The molecule has 0 saturated carbocycles. The number of nitrogens with two attached hydrogens (primary N) is 1. The molecular weight excluding hydrogens is 222 g/mol. The van der Waals surface area contributed by atoms with E-state index in [1.165, 1.54) is 12.8 Å². The number of aromatic nitrogens is 2. The molecule has 0 aliphatic carbocycles. The molecule has 0 radical (unpaired) electrons. The number of benzene rings is 1. The van der Waals surface area contributed by atoms with Gasteiger partial charge in [-0.15, -0.1) is 0 Å². The normalized spacial score (nSPS) is 14.6. The van der Waals surface area contributed by atoms with Crippen LogP contribution in [0.15, 0.2) is 30.6 Å². The fraction of sp³-hybridized carbons (Fsp3) is 0.467. The molecule has 0 fully saturated rings. The molecule has 2 unspecified atom stereocenters. The summed E-state index contributed by atoms with van der Waals surface area (Å²) in [7, 11) is 0. The van der Waals surface area contributed by atoms with Gasteiger partial charge in [0.25, 0.3) is 0 Å². The summed E-state index contributed by atoms with van der Waals surface area (Å²) in [5.74, 6) is 0.650.